The Bertz CT molecular complexity index is 3550. The molecule has 3 aromatic heterocycles. The second-order valence-corrected chi connectivity index (χ2v) is 14.8. The van der Waals surface area contributed by atoms with Gasteiger partial charge in [0.2, 0.25) is 0 Å². The van der Waals surface area contributed by atoms with Gasteiger partial charge in [-0.1, -0.05) is 133 Å². The van der Waals surface area contributed by atoms with Gasteiger partial charge < -0.3 is 9.13 Å². The summed E-state index contributed by atoms with van der Waals surface area (Å²) in [5.41, 5.74) is 9.59. The molecular formula is C53H33N5. The molecule has 12 aromatic rings. The first-order chi connectivity index (χ1) is 28.8. The minimum Gasteiger partial charge on any atom is -0.309 e. The van der Waals surface area contributed by atoms with Crippen molar-refractivity contribution in [2.24, 2.45) is 0 Å². The number of hydrogen-bond acceptors (Lipinski definition) is 3. The molecule has 0 amide bonds. The highest BCUT2D eigenvalue weighted by atomic mass is 15.0. The molecule has 5 nitrogen and oxygen atoms in total. The largest absolute Gasteiger partial charge is 0.309 e. The summed E-state index contributed by atoms with van der Waals surface area (Å²) in [5.74, 6) is 1.89. The Balaban J connectivity index is 1.06. The Labute approximate surface area is 333 Å². The molecule has 0 aliphatic rings. The van der Waals surface area contributed by atoms with E-state index in [0.29, 0.717) is 17.5 Å². The van der Waals surface area contributed by atoms with Gasteiger partial charge in [0.1, 0.15) is 0 Å². The van der Waals surface area contributed by atoms with E-state index in [1.807, 2.05) is 18.2 Å². The first kappa shape index (κ1) is 32.4. The summed E-state index contributed by atoms with van der Waals surface area (Å²) in [5, 5.41) is 9.70. The van der Waals surface area contributed by atoms with Gasteiger partial charge in [-0.2, -0.15) is 0 Å². The summed E-state index contributed by atoms with van der Waals surface area (Å²) < 4.78 is 4.72. The monoisotopic (exact) mass is 739 g/mol. The van der Waals surface area contributed by atoms with Gasteiger partial charge in [0.25, 0.3) is 0 Å². The van der Waals surface area contributed by atoms with Crippen LogP contribution in [0.5, 0.6) is 0 Å². The molecule has 0 bridgehead atoms. The average molecular weight is 740 g/mol. The molecule has 0 spiro atoms. The van der Waals surface area contributed by atoms with Crippen LogP contribution in [0.1, 0.15) is 0 Å². The molecular weight excluding hydrogens is 707 g/mol. The maximum atomic E-state index is 5.26. The molecule has 0 fully saturated rings. The van der Waals surface area contributed by atoms with E-state index < -0.39 is 0 Å². The van der Waals surface area contributed by atoms with E-state index in [-0.39, 0.29) is 0 Å². The van der Waals surface area contributed by atoms with Gasteiger partial charge in [-0.15, -0.1) is 0 Å². The van der Waals surface area contributed by atoms with Crippen molar-refractivity contribution in [3.05, 3.63) is 200 Å². The Kier molecular flexibility index (Phi) is 7.16. The molecule has 0 radical (unpaired) electrons. The van der Waals surface area contributed by atoms with E-state index in [0.717, 1.165) is 49.9 Å². The van der Waals surface area contributed by atoms with Crippen LogP contribution in [0.3, 0.4) is 0 Å². The van der Waals surface area contributed by atoms with Gasteiger partial charge in [-0.25, -0.2) is 15.0 Å². The lowest BCUT2D eigenvalue weighted by Gasteiger charge is -2.12. The van der Waals surface area contributed by atoms with Crippen molar-refractivity contribution in [2.45, 2.75) is 0 Å². The number of nitrogens with zero attached hydrogens (tertiary/aromatic N) is 5. The molecule has 58 heavy (non-hydrogen) atoms. The van der Waals surface area contributed by atoms with Gasteiger partial charge in [-0.3, -0.25) is 0 Å². The van der Waals surface area contributed by atoms with Gasteiger partial charge in [0, 0.05) is 49.6 Å². The molecule has 5 heteroatoms. The summed E-state index contributed by atoms with van der Waals surface area (Å²) in [7, 11) is 0. The van der Waals surface area contributed by atoms with Crippen LogP contribution in [-0.2, 0) is 0 Å². The molecule has 0 aliphatic carbocycles. The van der Waals surface area contributed by atoms with Crippen molar-refractivity contribution >= 4 is 65.2 Å². The quantitative estimate of drug-likeness (QED) is 0.177. The van der Waals surface area contributed by atoms with Crippen molar-refractivity contribution < 1.29 is 0 Å². The van der Waals surface area contributed by atoms with E-state index in [1.54, 1.807) is 0 Å². The van der Waals surface area contributed by atoms with Crippen LogP contribution in [0, 0.1) is 0 Å². The summed E-state index contributed by atoms with van der Waals surface area (Å²) in [4.78, 5) is 15.6. The number of aromatic nitrogens is 5. The Morgan fingerprint density at radius 1 is 0.293 bits per heavy atom. The van der Waals surface area contributed by atoms with Crippen molar-refractivity contribution in [2.75, 3.05) is 0 Å². The number of rotatable bonds is 5. The van der Waals surface area contributed by atoms with Gasteiger partial charge >= 0.3 is 0 Å². The fraction of sp³-hybridized carbons (Fsp3) is 0. The zero-order valence-electron chi connectivity index (χ0n) is 31.3. The minimum absolute atomic E-state index is 0.624. The van der Waals surface area contributed by atoms with Crippen molar-refractivity contribution in [1.82, 2.24) is 24.1 Å². The number of hydrogen-bond donors (Lipinski definition) is 0. The zero-order valence-corrected chi connectivity index (χ0v) is 31.3. The van der Waals surface area contributed by atoms with Crippen LogP contribution >= 0.6 is 0 Å². The van der Waals surface area contributed by atoms with Crippen LogP contribution in [-0.4, -0.2) is 24.1 Å². The molecule has 0 aliphatic heterocycles. The highest BCUT2D eigenvalue weighted by Crippen LogP contribution is 2.41. The van der Waals surface area contributed by atoms with E-state index in [4.69, 9.17) is 15.0 Å². The van der Waals surface area contributed by atoms with Gasteiger partial charge in [-0.05, 0) is 88.3 Å². The lowest BCUT2D eigenvalue weighted by molar-refractivity contribution is 1.07. The normalized spacial score (nSPS) is 11.8. The number of para-hydroxylation sites is 2. The van der Waals surface area contributed by atoms with Crippen LogP contribution < -0.4 is 0 Å². The SMILES string of the molecule is c1ccc(-c2nc(-c3ccc(-n4c5cc6ccccc6cc5c5c6ccccc6ccc54)cc3)nc(-c3cccc4c3c3ccccc3n4-c3ccccc3)n2)cc1. The van der Waals surface area contributed by atoms with Crippen molar-refractivity contribution in [1.29, 1.82) is 0 Å². The second kappa shape index (κ2) is 12.8. The summed E-state index contributed by atoms with van der Waals surface area (Å²) in [6.45, 7) is 0. The van der Waals surface area contributed by atoms with Gasteiger partial charge in [0.15, 0.2) is 17.5 Å². The fourth-order valence-corrected chi connectivity index (χ4v) is 8.91. The number of benzene rings is 9. The van der Waals surface area contributed by atoms with Crippen LogP contribution in [0.4, 0.5) is 0 Å². The Morgan fingerprint density at radius 3 is 1.62 bits per heavy atom. The average Bonchev–Trinajstić information content (AvgIpc) is 3.81. The highest BCUT2D eigenvalue weighted by Gasteiger charge is 2.20. The predicted octanol–water partition coefficient (Wildman–Crippen LogP) is 13.4. The molecule has 3 heterocycles. The highest BCUT2D eigenvalue weighted by molar-refractivity contribution is 6.23. The first-order valence-electron chi connectivity index (χ1n) is 19.6. The first-order valence-corrected chi connectivity index (χ1v) is 19.6. The smallest absolute Gasteiger partial charge is 0.164 e. The molecule has 0 N–H and O–H groups in total. The van der Waals surface area contributed by atoms with E-state index in [2.05, 4.69) is 191 Å². The summed E-state index contributed by atoms with van der Waals surface area (Å²) in [6.07, 6.45) is 0. The fourth-order valence-electron chi connectivity index (χ4n) is 8.91. The molecule has 270 valence electrons. The maximum Gasteiger partial charge on any atom is 0.164 e. The Morgan fingerprint density at radius 2 is 0.845 bits per heavy atom. The standard InChI is InChI=1S/C53H33N5/c1-3-15-35(16-4-1)51-54-52(56-53(55-51)43-23-13-25-46-50(43)42-22-11-12-24-45(42)57(46)39-19-5-2-6-20-39)36-26-29-40(30-27-36)58-47-31-28-34-14-9-10-21-41(34)49(47)44-32-37-17-7-8-18-38(37)33-48(44)58/h1-33H. The predicted molar refractivity (Wildman–Crippen MR) is 240 cm³/mol. The van der Waals surface area contributed by atoms with E-state index in [9.17, 15) is 0 Å². The van der Waals surface area contributed by atoms with Crippen molar-refractivity contribution in [3.63, 3.8) is 0 Å². The maximum absolute atomic E-state index is 5.26. The molecule has 0 saturated heterocycles. The van der Waals surface area contributed by atoms with E-state index in [1.165, 1.54) is 43.4 Å². The van der Waals surface area contributed by atoms with Crippen LogP contribution in [0.2, 0.25) is 0 Å². The summed E-state index contributed by atoms with van der Waals surface area (Å²) in [6, 6.07) is 70.9. The third-order valence-corrected chi connectivity index (χ3v) is 11.5. The van der Waals surface area contributed by atoms with Crippen LogP contribution in [0.15, 0.2) is 200 Å². The minimum atomic E-state index is 0.624. The second-order valence-electron chi connectivity index (χ2n) is 14.8. The molecule has 12 rings (SSSR count). The zero-order chi connectivity index (χ0) is 38.2. The van der Waals surface area contributed by atoms with Gasteiger partial charge in [0.05, 0.1) is 22.1 Å². The number of fused-ring (bicyclic) bond motifs is 9. The molecule has 0 saturated carbocycles. The molecule has 0 atom stereocenters. The molecule has 0 unspecified atom stereocenters. The molecule has 9 aromatic carbocycles. The lowest BCUT2D eigenvalue weighted by atomic mass is 10.0. The van der Waals surface area contributed by atoms with Crippen LogP contribution in [0.25, 0.3) is 111 Å². The van der Waals surface area contributed by atoms with Crippen molar-refractivity contribution in [3.8, 4) is 45.5 Å². The third kappa shape index (κ3) is 5.00. The summed E-state index contributed by atoms with van der Waals surface area (Å²) >= 11 is 0. The topological polar surface area (TPSA) is 48.5 Å². The lowest BCUT2D eigenvalue weighted by Crippen LogP contribution is -2.01. The van der Waals surface area contributed by atoms with E-state index >= 15 is 0 Å². The third-order valence-electron chi connectivity index (χ3n) is 11.5. The Hall–Kier alpha value is -7.89.